The molecule has 4 nitrogen and oxygen atoms in total. The molecule has 4 heteroatoms. The largest absolute Gasteiger partial charge is 0.389 e. The average molecular weight is 407 g/mol. The summed E-state index contributed by atoms with van der Waals surface area (Å²) < 4.78 is 5.78. The minimum absolute atomic E-state index is 0.253. The second-order valence-electron chi connectivity index (χ2n) is 8.25. The molecular weight excluding hydrogens is 372 g/mol. The van der Waals surface area contributed by atoms with E-state index >= 15 is 0 Å². The van der Waals surface area contributed by atoms with E-state index in [1.54, 1.807) is 0 Å². The fourth-order valence-electron chi connectivity index (χ4n) is 3.97. The molecule has 0 bridgehead atoms. The van der Waals surface area contributed by atoms with Gasteiger partial charge in [0.05, 0.1) is 18.8 Å². The predicted molar refractivity (Wildman–Crippen MR) is 122 cm³/mol. The molecule has 2 aromatic carbocycles. The lowest BCUT2D eigenvalue weighted by Crippen LogP contribution is -2.50. The predicted octanol–water partition coefficient (Wildman–Crippen LogP) is 3.57. The molecule has 30 heavy (non-hydrogen) atoms. The minimum atomic E-state index is -0.599. The van der Waals surface area contributed by atoms with Crippen LogP contribution in [0.15, 0.2) is 60.7 Å². The molecule has 2 aromatic rings. The van der Waals surface area contributed by atoms with E-state index in [2.05, 4.69) is 76.4 Å². The Kier molecular flexibility index (Phi) is 8.07. The molecule has 2 atom stereocenters. The van der Waals surface area contributed by atoms with Crippen LogP contribution in [0.25, 0.3) is 0 Å². The van der Waals surface area contributed by atoms with Crippen LogP contribution in [0.3, 0.4) is 0 Å². The van der Waals surface area contributed by atoms with Gasteiger partial charge >= 0.3 is 0 Å². The number of terminal acetylenes is 1. The van der Waals surface area contributed by atoms with E-state index in [0.29, 0.717) is 6.54 Å². The van der Waals surface area contributed by atoms with Crippen LogP contribution in [0.4, 0.5) is 0 Å². The first-order valence-corrected chi connectivity index (χ1v) is 10.9. The highest BCUT2D eigenvalue weighted by Gasteiger charge is 2.27. The molecule has 0 radical (unpaired) electrons. The van der Waals surface area contributed by atoms with Crippen molar-refractivity contribution in [2.24, 2.45) is 0 Å². The second kappa shape index (κ2) is 10.7. The first-order chi connectivity index (χ1) is 14.5. The summed E-state index contributed by atoms with van der Waals surface area (Å²) in [7, 11) is 0. The van der Waals surface area contributed by atoms with Gasteiger partial charge in [0, 0.05) is 32.7 Å². The van der Waals surface area contributed by atoms with E-state index in [0.717, 1.165) is 32.6 Å². The van der Waals surface area contributed by atoms with Gasteiger partial charge in [0.25, 0.3) is 0 Å². The van der Waals surface area contributed by atoms with Crippen LogP contribution >= 0.6 is 0 Å². The van der Waals surface area contributed by atoms with Gasteiger partial charge in [-0.05, 0) is 24.5 Å². The van der Waals surface area contributed by atoms with Gasteiger partial charge in [0.1, 0.15) is 5.60 Å². The van der Waals surface area contributed by atoms with Crippen LogP contribution in [0, 0.1) is 12.3 Å². The number of ether oxygens (including phenoxy) is 1. The molecule has 0 saturated carbocycles. The van der Waals surface area contributed by atoms with Gasteiger partial charge in [-0.3, -0.25) is 9.80 Å². The summed E-state index contributed by atoms with van der Waals surface area (Å²) in [5, 5.41) is 10.4. The van der Waals surface area contributed by atoms with Crippen molar-refractivity contribution in [3.63, 3.8) is 0 Å². The molecule has 1 aliphatic heterocycles. The molecule has 1 saturated heterocycles. The second-order valence-corrected chi connectivity index (χ2v) is 8.25. The molecule has 1 fully saturated rings. The van der Waals surface area contributed by atoms with Crippen LogP contribution in [0.5, 0.6) is 0 Å². The smallest absolute Gasteiger partial charge is 0.125 e. The quantitative estimate of drug-likeness (QED) is 0.646. The van der Waals surface area contributed by atoms with Crippen LogP contribution in [-0.2, 0) is 4.74 Å². The zero-order valence-electron chi connectivity index (χ0n) is 18.2. The molecule has 0 spiro atoms. The Morgan fingerprint density at radius 2 is 1.53 bits per heavy atom. The number of aliphatic hydroxyl groups excluding tert-OH is 1. The zero-order valence-corrected chi connectivity index (χ0v) is 18.2. The Labute approximate surface area is 181 Å². The molecule has 1 aliphatic rings. The summed E-state index contributed by atoms with van der Waals surface area (Å²) in [5.74, 6) is 2.68. The van der Waals surface area contributed by atoms with Crippen molar-refractivity contribution >= 4 is 0 Å². The number of hydrogen-bond acceptors (Lipinski definition) is 4. The first kappa shape index (κ1) is 22.5. The van der Waals surface area contributed by atoms with E-state index in [1.807, 2.05) is 13.8 Å². The fourth-order valence-corrected chi connectivity index (χ4v) is 3.97. The Bertz CT molecular complexity index is 757. The van der Waals surface area contributed by atoms with Gasteiger partial charge in [0.15, 0.2) is 0 Å². The Morgan fingerprint density at radius 3 is 2.00 bits per heavy atom. The zero-order chi connectivity index (χ0) is 21.4. The summed E-state index contributed by atoms with van der Waals surface area (Å²) in [4.78, 5) is 4.85. The molecule has 160 valence electrons. The molecule has 0 unspecified atom stereocenters. The standard InChI is InChI=1S/C26H34N2O2/c1-4-26(3,5-2)30-21-24(29)20-27-16-18-28(19-17-27)25(22-12-8-6-9-13-22)23-14-10-7-11-15-23/h1,6-15,24-25,29H,5,16-21H2,2-3H3/t24-,26-/m0/s1. The maximum absolute atomic E-state index is 10.4. The maximum Gasteiger partial charge on any atom is 0.125 e. The summed E-state index contributed by atoms with van der Waals surface area (Å²) in [6, 6.07) is 21.7. The number of benzene rings is 2. The van der Waals surface area contributed by atoms with E-state index in [1.165, 1.54) is 11.1 Å². The Balaban J connectivity index is 1.57. The van der Waals surface area contributed by atoms with Crippen molar-refractivity contribution < 1.29 is 9.84 Å². The number of β-amino-alcohol motifs (C(OH)–C–C–N with tert-alkyl or cyclic N) is 1. The van der Waals surface area contributed by atoms with Crippen LogP contribution in [-0.4, -0.2) is 65.9 Å². The number of nitrogens with zero attached hydrogens (tertiary/aromatic N) is 2. The average Bonchev–Trinajstić information content (AvgIpc) is 2.80. The molecule has 0 aliphatic carbocycles. The van der Waals surface area contributed by atoms with Crippen LogP contribution < -0.4 is 0 Å². The third-order valence-corrected chi connectivity index (χ3v) is 6.05. The molecule has 3 rings (SSSR count). The Hall–Kier alpha value is -2.16. The van der Waals surface area contributed by atoms with Gasteiger partial charge in [0.2, 0.25) is 0 Å². The fraction of sp³-hybridized carbons (Fsp3) is 0.462. The minimum Gasteiger partial charge on any atom is -0.389 e. The first-order valence-electron chi connectivity index (χ1n) is 10.9. The highest BCUT2D eigenvalue weighted by atomic mass is 16.5. The van der Waals surface area contributed by atoms with Crippen molar-refractivity contribution in [3.8, 4) is 12.3 Å². The summed E-state index contributed by atoms with van der Waals surface area (Å²) in [6.07, 6.45) is 5.75. The monoisotopic (exact) mass is 406 g/mol. The maximum atomic E-state index is 10.4. The van der Waals surface area contributed by atoms with Crippen molar-refractivity contribution in [3.05, 3.63) is 71.8 Å². The van der Waals surface area contributed by atoms with Crippen LogP contribution in [0.2, 0.25) is 0 Å². The highest BCUT2D eigenvalue weighted by Crippen LogP contribution is 2.29. The van der Waals surface area contributed by atoms with Crippen LogP contribution in [0.1, 0.15) is 37.4 Å². The van der Waals surface area contributed by atoms with Gasteiger partial charge in [-0.15, -0.1) is 6.42 Å². The molecule has 0 aromatic heterocycles. The topological polar surface area (TPSA) is 35.9 Å². The Morgan fingerprint density at radius 1 is 1.00 bits per heavy atom. The lowest BCUT2D eigenvalue weighted by molar-refractivity contribution is -0.0506. The molecular formula is C26H34N2O2. The third kappa shape index (κ3) is 5.93. The van der Waals surface area contributed by atoms with Crippen molar-refractivity contribution in [1.29, 1.82) is 0 Å². The number of piperazine rings is 1. The normalized spacial score (nSPS) is 18.6. The SMILES string of the molecule is C#C[C@@](C)(CC)OC[C@@H](O)CN1CCN(C(c2ccccc2)c2ccccc2)CC1. The molecule has 1 N–H and O–H groups in total. The van der Waals surface area contributed by atoms with Crippen molar-refractivity contribution in [2.45, 2.75) is 38.0 Å². The summed E-state index contributed by atoms with van der Waals surface area (Å²) >= 11 is 0. The van der Waals surface area contributed by atoms with E-state index in [9.17, 15) is 5.11 Å². The van der Waals surface area contributed by atoms with E-state index < -0.39 is 11.7 Å². The van der Waals surface area contributed by atoms with E-state index in [-0.39, 0.29) is 12.6 Å². The van der Waals surface area contributed by atoms with Gasteiger partial charge < -0.3 is 9.84 Å². The van der Waals surface area contributed by atoms with E-state index in [4.69, 9.17) is 11.2 Å². The van der Waals surface area contributed by atoms with Gasteiger partial charge in [-0.2, -0.15) is 0 Å². The summed E-state index contributed by atoms with van der Waals surface area (Å²) in [5.41, 5.74) is 2.04. The van der Waals surface area contributed by atoms with Gasteiger partial charge in [-0.25, -0.2) is 0 Å². The number of hydrogen-bond donors (Lipinski definition) is 1. The lowest BCUT2D eigenvalue weighted by Gasteiger charge is -2.40. The number of aliphatic hydroxyl groups is 1. The van der Waals surface area contributed by atoms with Crippen molar-refractivity contribution in [2.75, 3.05) is 39.3 Å². The van der Waals surface area contributed by atoms with Gasteiger partial charge in [-0.1, -0.05) is 73.5 Å². The molecule has 0 amide bonds. The van der Waals surface area contributed by atoms with Crippen molar-refractivity contribution in [1.82, 2.24) is 9.80 Å². The third-order valence-electron chi connectivity index (χ3n) is 6.05. The molecule has 1 heterocycles. The summed E-state index contributed by atoms with van der Waals surface area (Å²) in [6.45, 7) is 8.54. The lowest BCUT2D eigenvalue weighted by atomic mass is 9.96. The highest BCUT2D eigenvalue weighted by molar-refractivity contribution is 5.31. The number of rotatable bonds is 9.